The van der Waals surface area contributed by atoms with Crippen LogP contribution in [0.2, 0.25) is 5.02 Å². The van der Waals surface area contributed by atoms with Crippen molar-refractivity contribution < 1.29 is 4.79 Å². The van der Waals surface area contributed by atoms with Gasteiger partial charge in [-0.2, -0.15) is 0 Å². The Morgan fingerprint density at radius 3 is 2.53 bits per heavy atom. The number of hydrogen-bond acceptors (Lipinski definition) is 2. The molecule has 0 heterocycles. The highest BCUT2D eigenvalue weighted by Gasteiger charge is 2.35. The molecule has 1 aromatic carbocycles. The van der Waals surface area contributed by atoms with Gasteiger partial charge in [-0.1, -0.05) is 36.9 Å². The van der Waals surface area contributed by atoms with Crippen LogP contribution in [0.15, 0.2) is 18.2 Å². The number of nitrogens with two attached hydrogens (primary N) is 1. The molecule has 0 atom stereocenters. The number of carbonyl (C=O) groups excluding carboxylic acids is 1. The molecular formula is C14H20Cl2N2O. The molecule has 1 aliphatic carbocycles. The van der Waals surface area contributed by atoms with Gasteiger partial charge >= 0.3 is 0 Å². The Morgan fingerprint density at radius 2 is 1.95 bits per heavy atom. The molecule has 106 valence electrons. The second kappa shape index (κ2) is 6.60. The molecule has 0 unspecified atom stereocenters. The third kappa shape index (κ3) is 3.85. The van der Waals surface area contributed by atoms with Crippen molar-refractivity contribution >= 4 is 35.6 Å². The van der Waals surface area contributed by atoms with E-state index in [0.29, 0.717) is 10.7 Å². The first-order valence-corrected chi connectivity index (χ1v) is 6.75. The molecule has 0 spiro atoms. The minimum atomic E-state index is -0.730. The fourth-order valence-electron chi connectivity index (χ4n) is 2.38. The first-order valence-electron chi connectivity index (χ1n) is 6.38. The largest absolute Gasteiger partial charge is 0.323 e. The van der Waals surface area contributed by atoms with Crippen molar-refractivity contribution in [2.24, 2.45) is 5.73 Å². The third-order valence-electron chi connectivity index (χ3n) is 3.57. The fourth-order valence-corrected chi connectivity index (χ4v) is 2.66. The van der Waals surface area contributed by atoms with Gasteiger partial charge in [-0.15, -0.1) is 12.4 Å². The van der Waals surface area contributed by atoms with Gasteiger partial charge in [0.05, 0.1) is 16.2 Å². The van der Waals surface area contributed by atoms with Gasteiger partial charge in [0.15, 0.2) is 0 Å². The molecule has 19 heavy (non-hydrogen) atoms. The summed E-state index contributed by atoms with van der Waals surface area (Å²) in [6, 6.07) is 5.58. The van der Waals surface area contributed by atoms with E-state index in [2.05, 4.69) is 5.32 Å². The zero-order valence-corrected chi connectivity index (χ0v) is 12.6. The molecule has 1 amide bonds. The average Bonchev–Trinajstić information content (AvgIpc) is 2.33. The van der Waals surface area contributed by atoms with Crippen molar-refractivity contribution in [1.82, 2.24) is 0 Å². The van der Waals surface area contributed by atoms with Crippen LogP contribution in [-0.4, -0.2) is 11.4 Å². The van der Waals surface area contributed by atoms with Crippen LogP contribution in [0.25, 0.3) is 0 Å². The molecule has 2 rings (SSSR count). The van der Waals surface area contributed by atoms with E-state index in [-0.39, 0.29) is 18.3 Å². The number of halogens is 2. The van der Waals surface area contributed by atoms with Gasteiger partial charge in [0.1, 0.15) is 0 Å². The van der Waals surface area contributed by atoms with Gasteiger partial charge in [0.25, 0.3) is 0 Å². The topological polar surface area (TPSA) is 55.1 Å². The van der Waals surface area contributed by atoms with E-state index in [9.17, 15) is 4.79 Å². The molecule has 0 bridgehead atoms. The smallest absolute Gasteiger partial charge is 0.244 e. The minimum absolute atomic E-state index is 0. The Bertz CT molecular complexity index is 457. The van der Waals surface area contributed by atoms with Crippen LogP contribution in [0.4, 0.5) is 5.69 Å². The molecule has 1 aromatic rings. The van der Waals surface area contributed by atoms with Crippen LogP contribution in [-0.2, 0) is 4.79 Å². The quantitative estimate of drug-likeness (QED) is 0.876. The molecule has 1 fully saturated rings. The highest BCUT2D eigenvalue weighted by atomic mass is 35.5. The van der Waals surface area contributed by atoms with Gasteiger partial charge in [0.2, 0.25) is 5.91 Å². The van der Waals surface area contributed by atoms with E-state index in [1.807, 2.05) is 25.1 Å². The second-order valence-corrected chi connectivity index (χ2v) is 5.56. The lowest BCUT2D eigenvalue weighted by Gasteiger charge is -2.31. The van der Waals surface area contributed by atoms with Gasteiger partial charge in [-0.3, -0.25) is 4.79 Å². The van der Waals surface area contributed by atoms with E-state index in [0.717, 1.165) is 37.7 Å². The average molecular weight is 303 g/mol. The Morgan fingerprint density at radius 1 is 1.32 bits per heavy atom. The highest BCUT2D eigenvalue weighted by molar-refractivity contribution is 6.33. The summed E-state index contributed by atoms with van der Waals surface area (Å²) in [5.74, 6) is -0.118. The zero-order chi connectivity index (χ0) is 13.2. The molecule has 0 radical (unpaired) electrons. The molecule has 0 aliphatic heterocycles. The summed E-state index contributed by atoms with van der Waals surface area (Å²) < 4.78 is 0. The maximum Gasteiger partial charge on any atom is 0.244 e. The van der Waals surface area contributed by atoms with Crippen LogP contribution in [0.3, 0.4) is 0 Å². The maximum absolute atomic E-state index is 12.2. The summed E-state index contributed by atoms with van der Waals surface area (Å²) in [5.41, 5.74) is 7.15. The number of rotatable bonds is 2. The summed E-state index contributed by atoms with van der Waals surface area (Å²) in [7, 11) is 0. The number of nitrogens with one attached hydrogen (secondary N) is 1. The lowest BCUT2D eigenvalue weighted by atomic mass is 9.82. The normalized spacial score (nSPS) is 17.4. The molecule has 3 nitrogen and oxygen atoms in total. The third-order valence-corrected chi connectivity index (χ3v) is 3.88. The van der Waals surface area contributed by atoms with Gasteiger partial charge in [-0.05, 0) is 37.5 Å². The first-order chi connectivity index (χ1) is 8.51. The van der Waals surface area contributed by atoms with E-state index >= 15 is 0 Å². The van der Waals surface area contributed by atoms with Crippen molar-refractivity contribution in [2.75, 3.05) is 5.32 Å². The van der Waals surface area contributed by atoms with Crippen LogP contribution in [0, 0.1) is 6.92 Å². The van der Waals surface area contributed by atoms with E-state index < -0.39 is 5.54 Å². The maximum atomic E-state index is 12.2. The van der Waals surface area contributed by atoms with Crippen molar-refractivity contribution in [3.63, 3.8) is 0 Å². The number of aryl methyl sites for hydroxylation is 1. The van der Waals surface area contributed by atoms with Gasteiger partial charge < -0.3 is 11.1 Å². The van der Waals surface area contributed by atoms with Crippen LogP contribution >= 0.6 is 24.0 Å². The van der Waals surface area contributed by atoms with E-state index in [4.69, 9.17) is 17.3 Å². The van der Waals surface area contributed by atoms with E-state index in [1.54, 1.807) is 0 Å². The van der Waals surface area contributed by atoms with Crippen molar-refractivity contribution in [3.8, 4) is 0 Å². The molecular weight excluding hydrogens is 283 g/mol. The summed E-state index contributed by atoms with van der Waals surface area (Å²) in [5, 5.41) is 3.41. The predicted molar refractivity (Wildman–Crippen MR) is 82.1 cm³/mol. The molecule has 1 saturated carbocycles. The Hall–Kier alpha value is -0.770. The predicted octanol–water partition coefficient (Wildman–Crippen LogP) is 3.67. The van der Waals surface area contributed by atoms with Crippen molar-refractivity contribution in [1.29, 1.82) is 0 Å². The molecule has 1 aliphatic rings. The number of benzene rings is 1. The number of anilines is 1. The number of amides is 1. The Labute approximate surface area is 125 Å². The number of hydrogen-bond donors (Lipinski definition) is 2. The lowest BCUT2D eigenvalue weighted by molar-refractivity contribution is -0.122. The molecule has 0 saturated heterocycles. The van der Waals surface area contributed by atoms with Gasteiger partial charge in [0, 0.05) is 0 Å². The van der Waals surface area contributed by atoms with Crippen molar-refractivity contribution in [2.45, 2.75) is 44.6 Å². The highest BCUT2D eigenvalue weighted by Crippen LogP contribution is 2.29. The molecule has 3 N–H and O–H groups in total. The standard InChI is InChI=1S/C14H19ClN2O.ClH/c1-10-5-6-12(11(15)9-10)17-13(18)14(16)7-3-2-4-8-14;/h5-6,9H,2-4,7-8,16H2,1H3,(H,17,18);1H. The van der Waals surface area contributed by atoms with Crippen LogP contribution < -0.4 is 11.1 Å². The van der Waals surface area contributed by atoms with Gasteiger partial charge in [-0.25, -0.2) is 0 Å². The summed E-state index contributed by atoms with van der Waals surface area (Å²) in [4.78, 5) is 12.2. The van der Waals surface area contributed by atoms with E-state index in [1.165, 1.54) is 0 Å². The second-order valence-electron chi connectivity index (χ2n) is 5.15. The zero-order valence-electron chi connectivity index (χ0n) is 11.0. The summed E-state index contributed by atoms with van der Waals surface area (Å²) >= 11 is 6.10. The van der Waals surface area contributed by atoms with Crippen molar-refractivity contribution in [3.05, 3.63) is 28.8 Å². The lowest BCUT2D eigenvalue weighted by Crippen LogP contribution is -2.52. The van der Waals surface area contributed by atoms with Crippen LogP contribution in [0.5, 0.6) is 0 Å². The Balaban J connectivity index is 0.00000180. The number of carbonyl (C=O) groups is 1. The summed E-state index contributed by atoms with van der Waals surface area (Å²) in [6.07, 6.45) is 4.71. The molecule has 5 heteroatoms. The first kappa shape index (κ1) is 16.3. The molecule has 0 aromatic heterocycles. The monoisotopic (exact) mass is 302 g/mol. The minimum Gasteiger partial charge on any atom is -0.323 e. The fraction of sp³-hybridized carbons (Fsp3) is 0.500. The Kier molecular flexibility index (Phi) is 5.65. The summed E-state index contributed by atoms with van der Waals surface area (Å²) in [6.45, 7) is 1.96. The SMILES string of the molecule is Cc1ccc(NC(=O)C2(N)CCCCC2)c(Cl)c1.Cl. The van der Waals surface area contributed by atoms with Crippen LogP contribution in [0.1, 0.15) is 37.7 Å².